The molecule has 2 unspecified atom stereocenters. The molecule has 25 heavy (non-hydrogen) atoms. The number of rotatable bonds is 5. The van der Waals surface area contributed by atoms with Crippen molar-refractivity contribution >= 4 is 5.91 Å². The van der Waals surface area contributed by atoms with E-state index in [9.17, 15) is 14.3 Å². The summed E-state index contributed by atoms with van der Waals surface area (Å²) in [5, 5.41) is 9.97. The van der Waals surface area contributed by atoms with Gasteiger partial charge in [-0.3, -0.25) is 4.79 Å². The Labute approximate surface area is 145 Å². The average Bonchev–Trinajstić information content (AvgIpc) is 3.02. The number of benzene rings is 2. The predicted molar refractivity (Wildman–Crippen MR) is 90.0 cm³/mol. The number of carbonyl (C=O) groups excluding carboxylic acids is 1. The minimum atomic E-state index is -0.606. The van der Waals surface area contributed by atoms with Gasteiger partial charge in [-0.1, -0.05) is 24.3 Å². The highest BCUT2D eigenvalue weighted by Gasteiger charge is 2.35. The molecule has 1 aliphatic rings. The summed E-state index contributed by atoms with van der Waals surface area (Å²) in [5.74, 6) is 0.458. The number of hydrogen-bond donors (Lipinski definition) is 1. The number of halogens is 1. The third-order valence-electron chi connectivity index (χ3n) is 4.27. The van der Waals surface area contributed by atoms with Crippen molar-refractivity contribution < 1.29 is 23.8 Å². The van der Waals surface area contributed by atoms with Crippen molar-refractivity contribution in [2.75, 3.05) is 20.3 Å². The van der Waals surface area contributed by atoms with Crippen LogP contribution >= 0.6 is 0 Å². The Balaban J connectivity index is 1.70. The molecular formula is C19H20FNO4. The van der Waals surface area contributed by atoms with Gasteiger partial charge >= 0.3 is 0 Å². The van der Waals surface area contributed by atoms with Crippen molar-refractivity contribution in [2.45, 2.75) is 18.6 Å². The Hall–Kier alpha value is -2.60. The minimum Gasteiger partial charge on any atom is -0.493 e. The molecule has 5 nitrogen and oxygen atoms in total. The maximum atomic E-state index is 13.1. The fourth-order valence-electron chi connectivity index (χ4n) is 3.05. The number of methoxy groups -OCH3 is 1. The summed E-state index contributed by atoms with van der Waals surface area (Å²) in [6, 6.07) is 12.8. The van der Waals surface area contributed by atoms with Gasteiger partial charge in [-0.05, 0) is 36.2 Å². The van der Waals surface area contributed by atoms with E-state index in [1.807, 2.05) is 6.07 Å². The largest absolute Gasteiger partial charge is 0.493 e. The number of nitrogens with zero attached hydrogens (tertiary/aromatic N) is 1. The van der Waals surface area contributed by atoms with Crippen LogP contribution in [0.2, 0.25) is 0 Å². The van der Waals surface area contributed by atoms with Crippen LogP contribution in [0.5, 0.6) is 11.5 Å². The first kappa shape index (κ1) is 17.2. The highest BCUT2D eigenvalue weighted by atomic mass is 19.1. The first-order valence-electron chi connectivity index (χ1n) is 8.07. The molecule has 0 aromatic heterocycles. The monoisotopic (exact) mass is 345 g/mol. The molecule has 1 saturated heterocycles. The molecule has 3 rings (SSSR count). The molecule has 132 valence electrons. The lowest BCUT2D eigenvalue weighted by molar-refractivity contribution is -0.134. The van der Waals surface area contributed by atoms with E-state index in [1.54, 1.807) is 35.2 Å². The zero-order valence-electron chi connectivity index (χ0n) is 13.9. The third-order valence-corrected chi connectivity index (χ3v) is 4.27. The smallest absolute Gasteiger partial charge is 0.261 e. The minimum absolute atomic E-state index is 0.162. The lowest BCUT2D eigenvalue weighted by atomic mass is 10.0. The zero-order chi connectivity index (χ0) is 17.8. The van der Waals surface area contributed by atoms with Crippen molar-refractivity contribution in [1.29, 1.82) is 0 Å². The third kappa shape index (κ3) is 3.91. The maximum absolute atomic E-state index is 13.1. The number of carbonyl (C=O) groups is 1. The standard InChI is InChI=1S/C19H20FNO4/c1-24-17-4-2-3-5-18(17)25-12-19(23)21-11-15(22)10-16(21)13-6-8-14(20)9-7-13/h2-9,15-16,22H,10-12H2,1H3. The number of ether oxygens (including phenoxy) is 2. The summed E-state index contributed by atoms with van der Waals surface area (Å²) >= 11 is 0. The second-order valence-corrected chi connectivity index (χ2v) is 5.94. The van der Waals surface area contributed by atoms with Gasteiger partial charge in [0, 0.05) is 6.54 Å². The van der Waals surface area contributed by atoms with Gasteiger partial charge in [0.25, 0.3) is 5.91 Å². The van der Waals surface area contributed by atoms with E-state index in [1.165, 1.54) is 19.2 Å². The topological polar surface area (TPSA) is 59.0 Å². The highest BCUT2D eigenvalue weighted by Crippen LogP contribution is 2.33. The predicted octanol–water partition coefficient (Wildman–Crippen LogP) is 2.55. The van der Waals surface area contributed by atoms with Crippen LogP contribution in [0.15, 0.2) is 48.5 Å². The lowest BCUT2D eigenvalue weighted by Gasteiger charge is -2.25. The first-order valence-corrected chi connectivity index (χ1v) is 8.07. The molecule has 0 radical (unpaired) electrons. The Morgan fingerprint density at radius 1 is 1.20 bits per heavy atom. The molecule has 1 aliphatic heterocycles. The first-order chi connectivity index (χ1) is 12.1. The van der Waals surface area contributed by atoms with E-state index in [2.05, 4.69) is 0 Å². The van der Waals surface area contributed by atoms with Crippen molar-refractivity contribution in [3.8, 4) is 11.5 Å². The molecular weight excluding hydrogens is 325 g/mol. The quantitative estimate of drug-likeness (QED) is 0.905. The van der Waals surface area contributed by atoms with Crippen molar-refractivity contribution in [3.05, 3.63) is 59.9 Å². The molecule has 2 aromatic carbocycles. The fraction of sp³-hybridized carbons (Fsp3) is 0.316. The summed E-state index contributed by atoms with van der Waals surface area (Å²) in [6.07, 6.45) is -0.184. The molecule has 1 fully saturated rings. The van der Waals surface area contributed by atoms with Gasteiger partial charge in [0.05, 0.1) is 19.3 Å². The number of para-hydroxylation sites is 2. The van der Waals surface area contributed by atoms with Crippen LogP contribution in [0.25, 0.3) is 0 Å². The van der Waals surface area contributed by atoms with Crippen molar-refractivity contribution in [1.82, 2.24) is 4.90 Å². The van der Waals surface area contributed by atoms with E-state index >= 15 is 0 Å². The van der Waals surface area contributed by atoms with Gasteiger partial charge in [0.1, 0.15) is 5.82 Å². The number of aliphatic hydroxyl groups excluding tert-OH is 1. The molecule has 1 amide bonds. The van der Waals surface area contributed by atoms with Crippen molar-refractivity contribution in [2.24, 2.45) is 0 Å². The van der Waals surface area contributed by atoms with E-state index in [0.29, 0.717) is 17.9 Å². The van der Waals surface area contributed by atoms with Gasteiger partial charge in [0.15, 0.2) is 18.1 Å². The van der Waals surface area contributed by atoms with Crippen molar-refractivity contribution in [3.63, 3.8) is 0 Å². The van der Waals surface area contributed by atoms with Gasteiger partial charge < -0.3 is 19.5 Å². The number of hydrogen-bond acceptors (Lipinski definition) is 4. The van der Waals surface area contributed by atoms with Crippen LogP contribution in [0.4, 0.5) is 4.39 Å². The Morgan fingerprint density at radius 3 is 2.56 bits per heavy atom. The second-order valence-electron chi connectivity index (χ2n) is 5.94. The van der Waals surface area contributed by atoms with Crippen LogP contribution in [-0.2, 0) is 4.79 Å². The van der Waals surface area contributed by atoms with Gasteiger partial charge in [-0.15, -0.1) is 0 Å². The molecule has 6 heteroatoms. The van der Waals surface area contributed by atoms with E-state index in [4.69, 9.17) is 9.47 Å². The molecule has 0 spiro atoms. The summed E-state index contributed by atoms with van der Waals surface area (Å²) in [7, 11) is 1.53. The van der Waals surface area contributed by atoms with E-state index < -0.39 is 6.10 Å². The molecule has 1 heterocycles. The summed E-state index contributed by atoms with van der Waals surface area (Å²) < 4.78 is 23.9. The number of aliphatic hydroxyl groups is 1. The summed E-state index contributed by atoms with van der Waals surface area (Å²) in [6.45, 7) is 0.0704. The molecule has 0 saturated carbocycles. The van der Waals surface area contributed by atoms with Crippen LogP contribution in [-0.4, -0.2) is 42.3 Å². The zero-order valence-corrected chi connectivity index (χ0v) is 13.9. The molecule has 0 aliphatic carbocycles. The lowest BCUT2D eigenvalue weighted by Crippen LogP contribution is -2.35. The van der Waals surface area contributed by atoms with Gasteiger partial charge in [0.2, 0.25) is 0 Å². The molecule has 0 bridgehead atoms. The second kappa shape index (κ2) is 7.53. The van der Waals surface area contributed by atoms with Gasteiger partial charge in [-0.25, -0.2) is 4.39 Å². The Bertz CT molecular complexity index is 734. The van der Waals surface area contributed by atoms with E-state index in [0.717, 1.165) is 5.56 Å². The number of β-amino-alcohol motifs (C(OH)–C–C–N with tert-alkyl or cyclic N) is 1. The Kier molecular flexibility index (Phi) is 5.19. The van der Waals surface area contributed by atoms with Crippen LogP contribution in [0.1, 0.15) is 18.0 Å². The van der Waals surface area contributed by atoms with Crippen LogP contribution in [0.3, 0.4) is 0 Å². The highest BCUT2D eigenvalue weighted by molar-refractivity contribution is 5.78. The molecule has 2 atom stereocenters. The van der Waals surface area contributed by atoms with Crippen LogP contribution < -0.4 is 9.47 Å². The number of amides is 1. The SMILES string of the molecule is COc1ccccc1OCC(=O)N1CC(O)CC1c1ccc(F)cc1. The summed E-state index contributed by atoms with van der Waals surface area (Å²) in [5.41, 5.74) is 0.795. The normalized spacial score (nSPS) is 19.7. The molecule has 1 N–H and O–H groups in total. The number of likely N-dealkylation sites (tertiary alicyclic amines) is 1. The average molecular weight is 345 g/mol. The summed E-state index contributed by atoms with van der Waals surface area (Å²) in [4.78, 5) is 14.2. The van der Waals surface area contributed by atoms with E-state index in [-0.39, 0.29) is 30.9 Å². The van der Waals surface area contributed by atoms with Crippen LogP contribution in [0, 0.1) is 5.82 Å². The Morgan fingerprint density at radius 2 is 1.88 bits per heavy atom. The van der Waals surface area contributed by atoms with Gasteiger partial charge in [-0.2, -0.15) is 0 Å². The molecule has 2 aromatic rings. The fourth-order valence-corrected chi connectivity index (χ4v) is 3.05. The maximum Gasteiger partial charge on any atom is 0.261 e.